The van der Waals surface area contributed by atoms with Gasteiger partial charge < -0.3 is 0 Å². The standard InChI is InChI=1S/C11H14N4O3S/c1-3-19(17,18)14-9-6-4-5-7-10(9)15-11(16)12-8(2)13-15/h4-7,14H,3H2,1-2H3,(H,12,13,16). The summed E-state index contributed by atoms with van der Waals surface area (Å²) < 4.78 is 26.8. The zero-order valence-electron chi connectivity index (χ0n) is 10.5. The predicted molar refractivity (Wildman–Crippen MR) is 72.0 cm³/mol. The van der Waals surface area contributed by atoms with Gasteiger partial charge in [0.1, 0.15) is 5.82 Å². The van der Waals surface area contributed by atoms with E-state index in [4.69, 9.17) is 0 Å². The summed E-state index contributed by atoms with van der Waals surface area (Å²) in [6.45, 7) is 3.19. The molecule has 0 amide bonds. The van der Waals surface area contributed by atoms with Crippen molar-refractivity contribution in [2.75, 3.05) is 10.5 Å². The average molecular weight is 282 g/mol. The highest BCUT2D eigenvalue weighted by atomic mass is 32.2. The minimum Gasteiger partial charge on any atom is -0.293 e. The van der Waals surface area contributed by atoms with E-state index in [-0.39, 0.29) is 5.75 Å². The lowest BCUT2D eigenvalue weighted by Crippen LogP contribution is -2.20. The first-order chi connectivity index (χ1) is 8.93. The van der Waals surface area contributed by atoms with E-state index in [1.807, 2.05) is 0 Å². The molecular weight excluding hydrogens is 268 g/mol. The largest absolute Gasteiger partial charge is 0.348 e. The van der Waals surface area contributed by atoms with Crippen molar-refractivity contribution in [1.82, 2.24) is 14.8 Å². The van der Waals surface area contributed by atoms with Crippen molar-refractivity contribution in [3.63, 3.8) is 0 Å². The van der Waals surface area contributed by atoms with Gasteiger partial charge in [0.15, 0.2) is 0 Å². The topological polar surface area (TPSA) is 96.8 Å². The quantitative estimate of drug-likeness (QED) is 0.859. The molecule has 2 N–H and O–H groups in total. The first-order valence-corrected chi connectivity index (χ1v) is 7.34. The molecule has 0 aliphatic heterocycles. The molecule has 0 spiro atoms. The zero-order valence-corrected chi connectivity index (χ0v) is 11.4. The Morgan fingerprint density at radius 2 is 2.05 bits per heavy atom. The lowest BCUT2D eigenvalue weighted by atomic mass is 10.3. The normalized spacial score (nSPS) is 11.5. The number of H-pyrrole nitrogens is 1. The second kappa shape index (κ2) is 4.88. The van der Waals surface area contributed by atoms with Crippen LogP contribution in [0.5, 0.6) is 0 Å². The van der Waals surface area contributed by atoms with Crippen LogP contribution in [-0.2, 0) is 10.0 Å². The number of hydrogen-bond donors (Lipinski definition) is 2. The van der Waals surface area contributed by atoms with Crippen LogP contribution in [-0.4, -0.2) is 28.9 Å². The summed E-state index contributed by atoms with van der Waals surface area (Å²) in [5, 5.41) is 4.01. The lowest BCUT2D eigenvalue weighted by Gasteiger charge is -2.10. The van der Waals surface area contributed by atoms with Gasteiger partial charge >= 0.3 is 5.69 Å². The molecule has 1 aromatic heterocycles. The van der Waals surface area contributed by atoms with Crippen molar-refractivity contribution in [1.29, 1.82) is 0 Å². The highest BCUT2D eigenvalue weighted by molar-refractivity contribution is 7.92. The molecule has 0 atom stereocenters. The van der Waals surface area contributed by atoms with E-state index in [0.717, 1.165) is 4.68 Å². The molecule has 0 bridgehead atoms. The van der Waals surface area contributed by atoms with Crippen LogP contribution < -0.4 is 10.4 Å². The number of para-hydroxylation sites is 2. The number of nitrogens with zero attached hydrogens (tertiary/aromatic N) is 2. The second-order valence-corrected chi connectivity index (χ2v) is 5.96. The first-order valence-electron chi connectivity index (χ1n) is 5.69. The molecule has 0 fully saturated rings. The molecule has 0 saturated heterocycles. The monoisotopic (exact) mass is 282 g/mol. The first kappa shape index (κ1) is 13.3. The van der Waals surface area contributed by atoms with Crippen LogP contribution in [0.15, 0.2) is 29.1 Å². The maximum absolute atomic E-state index is 11.7. The summed E-state index contributed by atoms with van der Waals surface area (Å²) in [6.07, 6.45) is 0. The van der Waals surface area contributed by atoms with E-state index in [1.165, 1.54) is 6.92 Å². The van der Waals surface area contributed by atoms with Crippen LogP contribution in [0.1, 0.15) is 12.7 Å². The van der Waals surface area contributed by atoms with Crippen molar-refractivity contribution < 1.29 is 8.42 Å². The van der Waals surface area contributed by atoms with Crippen LogP contribution in [0.4, 0.5) is 5.69 Å². The number of hydrogen-bond acceptors (Lipinski definition) is 4. The molecule has 19 heavy (non-hydrogen) atoms. The molecule has 0 aliphatic rings. The molecule has 2 rings (SSSR count). The number of benzene rings is 1. The van der Waals surface area contributed by atoms with Crippen LogP contribution in [0.3, 0.4) is 0 Å². The Morgan fingerprint density at radius 3 is 2.63 bits per heavy atom. The Balaban J connectivity index is 2.54. The fourth-order valence-electron chi connectivity index (χ4n) is 1.58. The summed E-state index contributed by atoms with van der Waals surface area (Å²) in [6, 6.07) is 6.59. The summed E-state index contributed by atoms with van der Waals surface area (Å²) in [7, 11) is -3.41. The SMILES string of the molecule is CCS(=O)(=O)Nc1ccccc1-n1nc(C)[nH]c1=O. The molecule has 1 aromatic carbocycles. The minimum absolute atomic E-state index is 0.0458. The van der Waals surface area contributed by atoms with Crippen LogP contribution in [0.25, 0.3) is 5.69 Å². The summed E-state index contributed by atoms with van der Waals surface area (Å²) >= 11 is 0. The third-order valence-electron chi connectivity index (χ3n) is 2.51. The smallest absolute Gasteiger partial charge is 0.293 e. The fraction of sp³-hybridized carbons (Fsp3) is 0.273. The average Bonchev–Trinajstić information content (AvgIpc) is 2.69. The van der Waals surface area contributed by atoms with Gasteiger partial charge in [0, 0.05) is 0 Å². The number of aromatic amines is 1. The lowest BCUT2D eigenvalue weighted by molar-refractivity contribution is 0.602. The van der Waals surface area contributed by atoms with Crippen LogP contribution in [0.2, 0.25) is 0 Å². The third kappa shape index (κ3) is 2.84. The molecule has 7 nitrogen and oxygen atoms in total. The van der Waals surface area contributed by atoms with E-state index in [9.17, 15) is 13.2 Å². The van der Waals surface area contributed by atoms with Crippen molar-refractivity contribution in [3.05, 3.63) is 40.6 Å². The predicted octanol–water partition coefficient (Wildman–Crippen LogP) is 0.631. The van der Waals surface area contributed by atoms with E-state index in [1.54, 1.807) is 31.2 Å². The van der Waals surface area contributed by atoms with Gasteiger partial charge in [-0.3, -0.25) is 9.71 Å². The van der Waals surface area contributed by atoms with Gasteiger partial charge in [-0.2, -0.15) is 9.78 Å². The molecule has 0 unspecified atom stereocenters. The summed E-state index contributed by atoms with van der Waals surface area (Å²) in [4.78, 5) is 14.2. The Bertz CT molecular complexity index is 745. The van der Waals surface area contributed by atoms with Gasteiger partial charge in [-0.05, 0) is 26.0 Å². The summed E-state index contributed by atoms with van der Waals surface area (Å²) in [5.41, 5.74) is 0.285. The Labute approximate surface area is 110 Å². The van der Waals surface area contributed by atoms with Crippen molar-refractivity contribution >= 4 is 15.7 Å². The van der Waals surface area contributed by atoms with Gasteiger partial charge in [-0.25, -0.2) is 13.2 Å². The Hall–Kier alpha value is -2.09. The number of aryl methyl sites for hydroxylation is 1. The third-order valence-corrected chi connectivity index (χ3v) is 3.80. The highest BCUT2D eigenvalue weighted by Crippen LogP contribution is 2.19. The second-order valence-electron chi connectivity index (χ2n) is 3.95. The maximum atomic E-state index is 11.7. The van der Waals surface area contributed by atoms with Crippen molar-refractivity contribution in [3.8, 4) is 5.69 Å². The van der Waals surface area contributed by atoms with Gasteiger partial charge in [-0.1, -0.05) is 12.1 Å². The molecule has 2 aromatic rings. The molecular formula is C11H14N4O3S. The maximum Gasteiger partial charge on any atom is 0.348 e. The van der Waals surface area contributed by atoms with Gasteiger partial charge in [0.25, 0.3) is 0 Å². The number of sulfonamides is 1. The van der Waals surface area contributed by atoms with Gasteiger partial charge in [0.2, 0.25) is 10.0 Å². The Kier molecular flexibility index (Phi) is 3.43. The minimum atomic E-state index is -3.41. The van der Waals surface area contributed by atoms with Crippen molar-refractivity contribution in [2.24, 2.45) is 0 Å². The number of aromatic nitrogens is 3. The van der Waals surface area contributed by atoms with Crippen LogP contribution >= 0.6 is 0 Å². The number of rotatable bonds is 4. The number of nitrogens with one attached hydrogen (secondary N) is 2. The van der Waals surface area contributed by atoms with E-state index in [0.29, 0.717) is 17.2 Å². The molecule has 0 aliphatic carbocycles. The molecule has 102 valence electrons. The van der Waals surface area contributed by atoms with Crippen LogP contribution in [0, 0.1) is 6.92 Å². The van der Waals surface area contributed by atoms with Gasteiger partial charge in [-0.15, -0.1) is 0 Å². The summed E-state index contributed by atoms with van der Waals surface area (Å²) in [5.74, 6) is 0.411. The van der Waals surface area contributed by atoms with E-state index in [2.05, 4.69) is 14.8 Å². The zero-order chi connectivity index (χ0) is 14.0. The van der Waals surface area contributed by atoms with Gasteiger partial charge in [0.05, 0.1) is 17.1 Å². The van der Waals surface area contributed by atoms with E-state index >= 15 is 0 Å². The molecule has 1 heterocycles. The highest BCUT2D eigenvalue weighted by Gasteiger charge is 2.13. The number of anilines is 1. The molecule has 0 saturated carbocycles. The fourth-order valence-corrected chi connectivity index (χ4v) is 2.23. The molecule has 8 heteroatoms. The van der Waals surface area contributed by atoms with Crippen molar-refractivity contribution in [2.45, 2.75) is 13.8 Å². The van der Waals surface area contributed by atoms with E-state index < -0.39 is 15.7 Å². The molecule has 0 radical (unpaired) electrons. The Morgan fingerprint density at radius 1 is 1.37 bits per heavy atom.